The van der Waals surface area contributed by atoms with Crippen LogP contribution in [0.2, 0.25) is 0 Å². The second-order valence-corrected chi connectivity index (χ2v) is 3.48. The van der Waals surface area contributed by atoms with Crippen molar-refractivity contribution < 1.29 is 4.74 Å². The number of hydrogen-bond donors (Lipinski definition) is 2. The van der Waals surface area contributed by atoms with Gasteiger partial charge < -0.3 is 15.0 Å². The number of ether oxygens (including phenoxy) is 1. The zero-order valence-electron chi connectivity index (χ0n) is 7.97. The number of methoxy groups -OCH3 is 1. The highest BCUT2D eigenvalue weighted by atomic mass is 16.5. The summed E-state index contributed by atoms with van der Waals surface area (Å²) in [6.07, 6.45) is 7.76. The molecule has 1 aromatic rings. The third-order valence-corrected chi connectivity index (χ3v) is 2.64. The molecule has 72 valence electrons. The van der Waals surface area contributed by atoms with E-state index in [0.29, 0.717) is 6.04 Å². The van der Waals surface area contributed by atoms with Gasteiger partial charge in [-0.2, -0.15) is 0 Å². The van der Waals surface area contributed by atoms with E-state index in [0.717, 1.165) is 12.3 Å². The predicted molar refractivity (Wildman–Crippen MR) is 51.9 cm³/mol. The van der Waals surface area contributed by atoms with Crippen LogP contribution in [-0.2, 0) is 0 Å². The van der Waals surface area contributed by atoms with Crippen LogP contribution in [0, 0.1) is 0 Å². The Balaban J connectivity index is 2.13. The average Bonchev–Trinajstić information content (AvgIpc) is 2.67. The van der Waals surface area contributed by atoms with Gasteiger partial charge in [-0.1, -0.05) is 6.42 Å². The summed E-state index contributed by atoms with van der Waals surface area (Å²) in [4.78, 5) is 3.08. The van der Waals surface area contributed by atoms with Gasteiger partial charge in [0.2, 0.25) is 0 Å². The van der Waals surface area contributed by atoms with Crippen LogP contribution >= 0.6 is 0 Å². The van der Waals surface area contributed by atoms with Crippen molar-refractivity contribution >= 4 is 0 Å². The second kappa shape index (κ2) is 3.83. The van der Waals surface area contributed by atoms with Crippen LogP contribution in [0.3, 0.4) is 0 Å². The number of nitrogens with one attached hydrogen (secondary N) is 2. The topological polar surface area (TPSA) is 37.0 Å². The molecule has 0 radical (unpaired) electrons. The normalized spacial score (nSPS) is 23.0. The molecular weight excluding hydrogens is 164 g/mol. The summed E-state index contributed by atoms with van der Waals surface area (Å²) in [6.45, 7) is 1.12. The standard InChI is InChI=1S/C10H16N2O/c1-13-10-7-11-6-8(10)9-4-2-3-5-12-9/h6-7,9,11-12H,2-5H2,1H3/t9-/m1/s1. The maximum Gasteiger partial charge on any atom is 0.141 e. The van der Waals surface area contributed by atoms with Gasteiger partial charge in [0.1, 0.15) is 5.75 Å². The van der Waals surface area contributed by atoms with Crippen LogP contribution in [0.25, 0.3) is 0 Å². The van der Waals surface area contributed by atoms with E-state index in [9.17, 15) is 0 Å². The van der Waals surface area contributed by atoms with Crippen molar-refractivity contribution in [1.82, 2.24) is 10.3 Å². The van der Waals surface area contributed by atoms with Crippen molar-refractivity contribution in [1.29, 1.82) is 0 Å². The molecule has 2 rings (SSSR count). The lowest BCUT2D eigenvalue weighted by molar-refractivity contribution is 0.376. The smallest absolute Gasteiger partial charge is 0.141 e. The Labute approximate surface area is 78.5 Å². The van der Waals surface area contributed by atoms with Crippen LogP contribution in [0.4, 0.5) is 0 Å². The Kier molecular flexibility index (Phi) is 2.54. The monoisotopic (exact) mass is 180 g/mol. The maximum atomic E-state index is 5.27. The fourth-order valence-electron chi connectivity index (χ4n) is 1.93. The highest BCUT2D eigenvalue weighted by molar-refractivity contribution is 5.33. The van der Waals surface area contributed by atoms with Gasteiger partial charge in [-0.25, -0.2) is 0 Å². The van der Waals surface area contributed by atoms with Crippen molar-refractivity contribution in [2.45, 2.75) is 25.3 Å². The van der Waals surface area contributed by atoms with E-state index in [1.54, 1.807) is 7.11 Å². The van der Waals surface area contributed by atoms with E-state index < -0.39 is 0 Å². The lowest BCUT2D eigenvalue weighted by Gasteiger charge is -2.23. The highest BCUT2D eigenvalue weighted by Crippen LogP contribution is 2.29. The summed E-state index contributed by atoms with van der Waals surface area (Å²) in [5.41, 5.74) is 1.27. The largest absolute Gasteiger partial charge is 0.495 e. The molecule has 13 heavy (non-hydrogen) atoms. The van der Waals surface area contributed by atoms with E-state index in [2.05, 4.69) is 10.3 Å². The summed E-state index contributed by atoms with van der Waals surface area (Å²) < 4.78 is 5.27. The molecule has 0 amide bonds. The Hall–Kier alpha value is -0.960. The predicted octanol–water partition coefficient (Wildman–Crippen LogP) is 1.84. The first-order chi connectivity index (χ1) is 6.42. The third-order valence-electron chi connectivity index (χ3n) is 2.64. The molecule has 0 aliphatic carbocycles. The molecule has 1 saturated heterocycles. The zero-order valence-corrected chi connectivity index (χ0v) is 7.97. The Morgan fingerprint density at radius 3 is 3.00 bits per heavy atom. The summed E-state index contributed by atoms with van der Waals surface area (Å²) in [6, 6.07) is 0.481. The number of rotatable bonds is 2. The molecule has 0 bridgehead atoms. The summed E-state index contributed by atoms with van der Waals surface area (Å²) in [5, 5.41) is 3.50. The summed E-state index contributed by atoms with van der Waals surface area (Å²) in [7, 11) is 1.72. The Morgan fingerprint density at radius 2 is 2.31 bits per heavy atom. The van der Waals surface area contributed by atoms with Gasteiger partial charge in [-0.3, -0.25) is 0 Å². The van der Waals surface area contributed by atoms with E-state index in [4.69, 9.17) is 4.74 Å². The van der Waals surface area contributed by atoms with Gasteiger partial charge in [0.25, 0.3) is 0 Å². The molecule has 1 aliphatic rings. The first kappa shape index (κ1) is 8.63. The van der Waals surface area contributed by atoms with Gasteiger partial charge in [0.05, 0.1) is 7.11 Å². The zero-order chi connectivity index (χ0) is 9.10. The minimum absolute atomic E-state index is 0.481. The third kappa shape index (κ3) is 1.70. The summed E-state index contributed by atoms with van der Waals surface area (Å²) in [5.74, 6) is 0.972. The SMILES string of the molecule is COc1c[nH]cc1[C@H]1CCCCN1. The number of aromatic amines is 1. The molecule has 1 aromatic heterocycles. The molecule has 3 nitrogen and oxygen atoms in total. The van der Waals surface area contributed by atoms with E-state index in [1.165, 1.54) is 24.8 Å². The molecule has 0 aromatic carbocycles. The van der Waals surface area contributed by atoms with Gasteiger partial charge in [-0.05, 0) is 19.4 Å². The van der Waals surface area contributed by atoms with Crippen molar-refractivity contribution in [3.63, 3.8) is 0 Å². The molecule has 1 aliphatic heterocycles. The van der Waals surface area contributed by atoms with E-state index in [1.807, 2.05) is 12.4 Å². The van der Waals surface area contributed by atoms with Crippen LogP contribution in [-0.4, -0.2) is 18.6 Å². The van der Waals surface area contributed by atoms with Crippen molar-refractivity contribution in [2.75, 3.05) is 13.7 Å². The van der Waals surface area contributed by atoms with Crippen molar-refractivity contribution in [3.8, 4) is 5.75 Å². The molecule has 2 heterocycles. The Morgan fingerprint density at radius 1 is 1.38 bits per heavy atom. The first-order valence-electron chi connectivity index (χ1n) is 4.86. The average molecular weight is 180 g/mol. The molecule has 1 fully saturated rings. The minimum atomic E-state index is 0.481. The van der Waals surface area contributed by atoms with Crippen LogP contribution < -0.4 is 10.1 Å². The van der Waals surface area contributed by atoms with Gasteiger partial charge in [-0.15, -0.1) is 0 Å². The minimum Gasteiger partial charge on any atom is -0.495 e. The molecule has 0 unspecified atom stereocenters. The van der Waals surface area contributed by atoms with Crippen molar-refractivity contribution in [3.05, 3.63) is 18.0 Å². The first-order valence-corrected chi connectivity index (χ1v) is 4.86. The number of piperidine rings is 1. The lowest BCUT2D eigenvalue weighted by atomic mass is 9.99. The maximum absolute atomic E-state index is 5.27. The van der Waals surface area contributed by atoms with Gasteiger partial charge >= 0.3 is 0 Å². The molecule has 2 N–H and O–H groups in total. The fourth-order valence-corrected chi connectivity index (χ4v) is 1.93. The molecule has 1 atom stereocenters. The molecule has 0 saturated carbocycles. The number of H-pyrrole nitrogens is 1. The van der Waals surface area contributed by atoms with Crippen molar-refractivity contribution in [2.24, 2.45) is 0 Å². The van der Waals surface area contributed by atoms with Crippen LogP contribution in [0.1, 0.15) is 30.9 Å². The van der Waals surface area contributed by atoms with Crippen LogP contribution in [0.5, 0.6) is 5.75 Å². The van der Waals surface area contributed by atoms with Gasteiger partial charge in [0.15, 0.2) is 0 Å². The fraction of sp³-hybridized carbons (Fsp3) is 0.600. The molecular formula is C10H16N2O. The lowest BCUT2D eigenvalue weighted by Crippen LogP contribution is -2.26. The highest BCUT2D eigenvalue weighted by Gasteiger charge is 2.18. The molecule has 0 spiro atoms. The number of aromatic nitrogens is 1. The van der Waals surface area contributed by atoms with E-state index >= 15 is 0 Å². The van der Waals surface area contributed by atoms with Crippen LogP contribution in [0.15, 0.2) is 12.4 Å². The second-order valence-electron chi connectivity index (χ2n) is 3.48. The Bertz CT molecular complexity index is 264. The molecule has 3 heteroatoms. The number of hydrogen-bond acceptors (Lipinski definition) is 2. The summed E-state index contributed by atoms with van der Waals surface area (Å²) >= 11 is 0. The quantitative estimate of drug-likeness (QED) is 0.728. The van der Waals surface area contributed by atoms with E-state index in [-0.39, 0.29) is 0 Å². The van der Waals surface area contributed by atoms with Gasteiger partial charge in [0, 0.05) is 24.0 Å².